The van der Waals surface area contributed by atoms with Crippen molar-refractivity contribution in [2.75, 3.05) is 13.6 Å². The second-order valence-corrected chi connectivity index (χ2v) is 5.44. The molecule has 0 spiro atoms. The average Bonchev–Trinajstić information content (AvgIpc) is 2.88. The van der Waals surface area contributed by atoms with Gasteiger partial charge in [-0.2, -0.15) is 0 Å². The molecule has 2 unspecified atom stereocenters. The van der Waals surface area contributed by atoms with E-state index in [9.17, 15) is 4.79 Å². The summed E-state index contributed by atoms with van der Waals surface area (Å²) in [7, 11) is 1.90. The minimum absolute atomic E-state index is 0.157. The maximum Gasteiger partial charge on any atom is 0.227 e. The molecule has 1 saturated heterocycles. The molecule has 0 aliphatic carbocycles. The van der Waals surface area contributed by atoms with E-state index >= 15 is 0 Å². The van der Waals surface area contributed by atoms with Crippen LogP contribution in [0.15, 0.2) is 17.5 Å². The lowest BCUT2D eigenvalue weighted by atomic mass is 10.0. The number of hydrogen-bond donors (Lipinski definition) is 1. The number of thiophene rings is 1. The number of carbonyl (C=O) groups is 1. The zero-order valence-electron chi connectivity index (χ0n) is 9.77. The van der Waals surface area contributed by atoms with Gasteiger partial charge in [-0.1, -0.05) is 6.07 Å². The SMILES string of the molecule is CC1NCCC1C(=O)N(C)Cc1cccs1. The van der Waals surface area contributed by atoms with Gasteiger partial charge in [-0.3, -0.25) is 4.79 Å². The van der Waals surface area contributed by atoms with Crippen LogP contribution in [0.2, 0.25) is 0 Å². The number of rotatable bonds is 3. The molecule has 88 valence electrons. The summed E-state index contributed by atoms with van der Waals surface area (Å²) in [5, 5.41) is 5.37. The van der Waals surface area contributed by atoms with Crippen molar-refractivity contribution in [1.29, 1.82) is 0 Å². The molecule has 2 rings (SSSR count). The standard InChI is InChI=1S/C12H18N2OS/c1-9-11(5-6-13-9)12(15)14(2)8-10-4-3-7-16-10/h3-4,7,9,11,13H,5-6,8H2,1-2H3. The van der Waals surface area contributed by atoms with Gasteiger partial charge in [-0.15, -0.1) is 11.3 Å². The molecule has 1 aliphatic rings. The fraction of sp³-hybridized carbons (Fsp3) is 0.583. The lowest BCUT2D eigenvalue weighted by molar-refractivity contribution is -0.134. The normalized spacial score (nSPS) is 24.6. The monoisotopic (exact) mass is 238 g/mol. The number of carbonyl (C=O) groups excluding carboxylic acids is 1. The van der Waals surface area contributed by atoms with Crippen molar-refractivity contribution >= 4 is 17.2 Å². The highest BCUT2D eigenvalue weighted by molar-refractivity contribution is 7.09. The first-order valence-corrected chi connectivity index (χ1v) is 6.57. The van der Waals surface area contributed by atoms with Crippen molar-refractivity contribution < 1.29 is 4.79 Å². The second kappa shape index (κ2) is 4.97. The topological polar surface area (TPSA) is 32.3 Å². The molecule has 0 radical (unpaired) electrons. The van der Waals surface area contributed by atoms with Gasteiger partial charge in [0.2, 0.25) is 5.91 Å². The van der Waals surface area contributed by atoms with E-state index in [1.165, 1.54) is 4.88 Å². The highest BCUT2D eigenvalue weighted by Crippen LogP contribution is 2.19. The lowest BCUT2D eigenvalue weighted by Crippen LogP contribution is -2.37. The van der Waals surface area contributed by atoms with E-state index in [2.05, 4.69) is 18.3 Å². The van der Waals surface area contributed by atoms with Crippen molar-refractivity contribution in [3.63, 3.8) is 0 Å². The summed E-state index contributed by atoms with van der Waals surface area (Å²) in [5.41, 5.74) is 0. The van der Waals surface area contributed by atoms with Crippen LogP contribution in [0, 0.1) is 5.92 Å². The van der Waals surface area contributed by atoms with E-state index in [0.717, 1.165) is 19.5 Å². The summed E-state index contributed by atoms with van der Waals surface area (Å²) in [6, 6.07) is 4.42. The largest absolute Gasteiger partial charge is 0.340 e. The smallest absolute Gasteiger partial charge is 0.227 e. The number of amides is 1. The maximum atomic E-state index is 12.2. The summed E-state index contributed by atoms with van der Waals surface area (Å²) in [5.74, 6) is 0.427. The molecule has 0 bridgehead atoms. The molecule has 3 nitrogen and oxygen atoms in total. The van der Waals surface area contributed by atoms with Crippen LogP contribution in [0.1, 0.15) is 18.2 Å². The van der Waals surface area contributed by atoms with E-state index in [-0.39, 0.29) is 11.8 Å². The molecule has 4 heteroatoms. The van der Waals surface area contributed by atoms with Crippen molar-refractivity contribution in [3.05, 3.63) is 22.4 Å². The Hall–Kier alpha value is -0.870. The van der Waals surface area contributed by atoms with Gasteiger partial charge in [0.05, 0.1) is 12.5 Å². The Morgan fingerprint density at radius 1 is 1.69 bits per heavy atom. The predicted octanol–water partition coefficient (Wildman–Crippen LogP) is 1.70. The van der Waals surface area contributed by atoms with Crippen molar-refractivity contribution in [1.82, 2.24) is 10.2 Å². The van der Waals surface area contributed by atoms with Gasteiger partial charge in [0.25, 0.3) is 0 Å². The Labute approximate surface area is 100 Å². The molecule has 0 saturated carbocycles. The predicted molar refractivity (Wildman–Crippen MR) is 66.4 cm³/mol. The summed E-state index contributed by atoms with van der Waals surface area (Å²) in [6.45, 7) is 3.79. The fourth-order valence-electron chi connectivity index (χ4n) is 2.19. The van der Waals surface area contributed by atoms with Gasteiger partial charge in [0.1, 0.15) is 0 Å². The average molecular weight is 238 g/mol. The summed E-state index contributed by atoms with van der Waals surface area (Å²) < 4.78 is 0. The van der Waals surface area contributed by atoms with Gasteiger partial charge in [0, 0.05) is 18.0 Å². The van der Waals surface area contributed by atoms with Crippen molar-refractivity contribution in [2.24, 2.45) is 5.92 Å². The summed E-state index contributed by atoms with van der Waals surface area (Å²) in [4.78, 5) is 15.3. The highest BCUT2D eigenvalue weighted by Gasteiger charge is 2.31. The zero-order valence-corrected chi connectivity index (χ0v) is 10.6. The highest BCUT2D eigenvalue weighted by atomic mass is 32.1. The number of nitrogens with one attached hydrogen (secondary N) is 1. The van der Waals surface area contributed by atoms with Crippen LogP contribution in [0.3, 0.4) is 0 Å². The minimum atomic E-state index is 0.157. The Kier molecular flexibility index (Phi) is 3.61. The molecule has 16 heavy (non-hydrogen) atoms. The molecule has 1 N–H and O–H groups in total. The van der Waals surface area contributed by atoms with Crippen LogP contribution in [0.4, 0.5) is 0 Å². The van der Waals surface area contributed by atoms with Crippen LogP contribution in [0.5, 0.6) is 0 Å². The Bertz CT molecular complexity index is 350. The van der Waals surface area contributed by atoms with Gasteiger partial charge in [-0.05, 0) is 31.3 Å². The quantitative estimate of drug-likeness (QED) is 0.869. The van der Waals surface area contributed by atoms with Gasteiger partial charge in [-0.25, -0.2) is 0 Å². The van der Waals surface area contributed by atoms with E-state index in [4.69, 9.17) is 0 Å². The summed E-state index contributed by atoms with van der Waals surface area (Å²) in [6.07, 6.45) is 0.967. The molecule has 1 amide bonds. The van der Waals surface area contributed by atoms with E-state index in [1.54, 1.807) is 11.3 Å². The van der Waals surface area contributed by atoms with E-state index in [0.29, 0.717) is 6.04 Å². The first-order valence-electron chi connectivity index (χ1n) is 5.69. The Morgan fingerprint density at radius 3 is 3.06 bits per heavy atom. The van der Waals surface area contributed by atoms with Crippen LogP contribution in [0.25, 0.3) is 0 Å². The molecular weight excluding hydrogens is 220 g/mol. The zero-order chi connectivity index (χ0) is 11.5. The third-order valence-corrected chi connectivity index (χ3v) is 4.05. The lowest BCUT2D eigenvalue weighted by Gasteiger charge is -2.22. The number of nitrogens with zero attached hydrogens (tertiary/aromatic N) is 1. The minimum Gasteiger partial charge on any atom is -0.340 e. The van der Waals surface area contributed by atoms with Crippen LogP contribution in [-0.2, 0) is 11.3 Å². The van der Waals surface area contributed by atoms with Crippen LogP contribution < -0.4 is 5.32 Å². The van der Waals surface area contributed by atoms with Gasteiger partial charge >= 0.3 is 0 Å². The summed E-state index contributed by atoms with van der Waals surface area (Å²) >= 11 is 1.70. The maximum absolute atomic E-state index is 12.2. The molecule has 1 aromatic heterocycles. The molecular formula is C12H18N2OS. The molecule has 0 aromatic carbocycles. The Balaban J connectivity index is 1.94. The first kappa shape index (κ1) is 11.6. The fourth-order valence-corrected chi connectivity index (χ4v) is 2.95. The molecule has 2 heterocycles. The van der Waals surface area contributed by atoms with Crippen LogP contribution in [-0.4, -0.2) is 30.4 Å². The third-order valence-electron chi connectivity index (χ3n) is 3.19. The Morgan fingerprint density at radius 2 is 2.50 bits per heavy atom. The molecule has 1 aromatic rings. The van der Waals surface area contributed by atoms with E-state index in [1.807, 2.05) is 23.4 Å². The third kappa shape index (κ3) is 2.44. The second-order valence-electron chi connectivity index (χ2n) is 4.41. The molecule has 1 fully saturated rings. The first-order chi connectivity index (χ1) is 7.68. The molecule has 1 aliphatic heterocycles. The number of hydrogen-bond acceptors (Lipinski definition) is 3. The van der Waals surface area contributed by atoms with Crippen molar-refractivity contribution in [3.8, 4) is 0 Å². The molecule has 2 atom stereocenters. The van der Waals surface area contributed by atoms with E-state index < -0.39 is 0 Å². The van der Waals surface area contributed by atoms with Crippen molar-refractivity contribution in [2.45, 2.75) is 25.9 Å². The van der Waals surface area contributed by atoms with Gasteiger partial charge in [0.15, 0.2) is 0 Å². The van der Waals surface area contributed by atoms with Crippen LogP contribution >= 0.6 is 11.3 Å². The van der Waals surface area contributed by atoms with Gasteiger partial charge < -0.3 is 10.2 Å².